The Morgan fingerprint density at radius 3 is 2.63 bits per heavy atom. The van der Waals surface area contributed by atoms with E-state index in [9.17, 15) is 5.11 Å². The van der Waals surface area contributed by atoms with Crippen molar-refractivity contribution in [1.82, 2.24) is 9.55 Å². The minimum atomic E-state index is -0.0441. The van der Waals surface area contributed by atoms with Gasteiger partial charge in [0.1, 0.15) is 5.82 Å². The maximum absolute atomic E-state index is 9.19. The van der Waals surface area contributed by atoms with E-state index in [4.69, 9.17) is 10.7 Å². The minimum absolute atomic E-state index is 0.0441. The highest BCUT2D eigenvalue weighted by molar-refractivity contribution is 5.80. The minimum Gasteiger partial charge on any atom is -0.399 e. The molecule has 0 aliphatic heterocycles. The highest BCUT2D eigenvalue weighted by Crippen LogP contribution is 2.31. The summed E-state index contributed by atoms with van der Waals surface area (Å²) in [5, 5.41) is 9.19. The van der Waals surface area contributed by atoms with E-state index < -0.39 is 0 Å². The van der Waals surface area contributed by atoms with E-state index in [2.05, 4.69) is 32.3 Å². The van der Waals surface area contributed by atoms with Gasteiger partial charge in [0.2, 0.25) is 0 Å². The topological polar surface area (TPSA) is 64.1 Å². The molecular weight excluding hydrogens is 238 g/mol. The molecule has 1 unspecified atom stereocenters. The van der Waals surface area contributed by atoms with Gasteiger partial charge in [-0.05, 0) is 31.5 Å². The van der Waals surface area contributed by atoms with Gasteiger partial charge in [0.05, 0.1) is 11.0 Å². The Hall–Kier alpha value is -1.55. The first-order valence-electron chi connectivity index (χ1n) is 6.73. The van der Waals surface area contributed by atoms with Crippen molar-refractivity contribution < 1.29 is 5.11 Å². The van der Waals surface area contributed by atoms with Crippen LogP contribution in [0.1, 0.15) is 46.0 Å². The lowest BCUT2D eigenvalue weighted by Crippen LogP contribution is -2.21. The number of rotatable bonds is 3. The average molecular weight is 261 g/mol. The predicted octanol–water partition coefficient (Wildman–Crippen LogP) is 2.86. The molecule has 0 fully saturated rings. The Balaban J connectivity index is 2.68. The van der Waals surface area contributed by atoms with E-state index in [1.54, 1.807) is 0 Å². The quantitative estimate of drug-likeness (QED) is 0.835. The highest BCUT2D eigenvalue weighted by Gasteiger charge is 2.25. The number of nitrogens with two attached hydrogens (primary N) is 1. The van der Waals surface area contributed by atoms with Crippen LogP contribution in [-0.2, 0) is 5.41 Å². The fourth-order valence-electron chi connectivity index (χ4n) is 2.41. The summed E-state index contributed by atoms with van der Waals surface area (Å²) >= 11 is 0. The van der Waals surface area contributed by atoms with Gasteiger partial charge in [-0.25, -0.2) is 4.98 Å². The van der Waals surface area contributed by atoms with Crippen LogP contribution < -0.4 is 5.73 Å². The average Bonchev–Trinajstić information content (AvgIpc) is 2.67. The summed E-state index contributed by atoms with van der Waals surface area (Å²) < 4.78 is 2.23. The van der Waals surface area contributed by atoms with Gasteiger partial charge in [0.15, 0.2) is 0 Å². The van der Waals surface area contributed by atoms with Crippen molar-refractivity contribution in [2.45, 2.75) is 45.6 Å². The lowest BCUT2D eigenvalue weighted by molar-refractivity contribution is 0.260. The molecule has 0 amide bonds. The van der Waals surface area contributed by atoms with Gasteiger partial charge in [-0.1, -0.05) is 20.8 Å². The Labute approximate surface area is 114 Å². The number of nitrogen functional groups attached to an aromatic ring is 1. The monoisotopic (exact) mass is 261 g/mol. The molecule has 1 atom stereocenters. The molecule has 0 saturated carbocycles. The van der Waals surface area contributed by atoms with Crippen molar-refractivity contribution in [2.75, 3.05) is 12.3 Å². The smallest absolute Gasteiger partial charge is 0.115 e. The van der Waals surface area contributed by atoms with Crippen LogP contribution in [0.15, 0.2) is 18.2 Å². The molecule has 4 nitrogen and oxygen atoms in total. The third-order valence-electron chi connectivity index (χ3n) is 3.37. The number of anilines is 1. The SMILES string of the molecule is CC(CCO)n1c(C(C)(C)C)nc2cc(N)ccc21. The molecule has 0 bridgehead atoms. The van der Waals surface area contributed by atoms with Gasteiger partial charge in [-0.15, -0.1) is 0 Å². The number of hydrogen-bond donors (Lipinski definition) is 2. The van der Waals surface area contributed by atoms with Crippen LogP contribution in [-0.4, -0.2) is 21.3 Å². The lowest BCUT2D eigenvalue weighted by atomic mass is 9.95. The second-order valence-corrected chi connectivity index (χ2v) is 6.16. The van der Waals surface area contributed by atoms with Crippen LogP contribution in [0, 0.1) is 0 Å². The summed E-state index contributed by atoms with van der Waals surface area (Å²) in [5.41, 5.74) is 8.53. The van der Waals surface area contributed by atoms with Gasteiger partial charge >= 0.3 is 0 Å². The van der Waals surface area contributed by atoms with E-state index in [-0.39, 0.29) is 18.1 Å². The van der Waals surface area contributed by atoms with Crippen molar-refractivity contribution in [3.63, 3.8) is 0 Å². The van der Waals surface area contributed by atoms with Gasteiger partial charge in [0.25, 0.3) is 0 Å². The van der Waals surface area contributed by atoms with Crippen molar-refractivity contribution in [3.05, 3.63) is 24.0 Å². The van der Waals surface area contributed by atoms with Crippen molar-refractivity contribution in [2.24, 2.45) is 0 Å². The normalized spacial score (nSPS) is 13.9. The summed E-state index contributed by atoms with van der Waals surface area (Å²) in [4.78, 5) is 4.75. The predicted molar refractivity (Wildman–Crippen MR) is 79.3 cm³/mol. The molecule has 3 N–H and O–H groups in total. The van der Waals surface area contributed by atoms with E-state index in [1.807, 2.05) is 18.2 Å². The molecule has 0 saturated heterocycles. The van der Waals surface area contributed by atoms with E-state index in [0.717, 1.165) is 29.0 Å². The second kappa shape index (κ2) is 4.85. The van der Waals surface area contributed by atoms with Crippen molar-refractivity contribution >= 4 is 16.7 Å². The van der Waals surface area contributed by atoms with Crippen LogP contribution in [0.3, 0.4) is 0 Å². The Bertz CT molecular complexity index is 581. The first-order valence-corrected chi connectivity index (χ1v) is 6.73. The van der Waals surface area contributed by atoms with Crippen LogP contribution >= 0.6 is 0 Å². The molecule has 19 heavy (non-hydrogen) atoms. The number of benzene rings is 1. The number of aromatic nitrogens is 2. The molecule has 2 rings (SSSR count). The van der Waals surface area contributed by atoms with Crippen molar-refractivity contribution in [3.8, 4) is 0 Å². The fraction of sp³-hybridized carbons (Fsp3) is 0.533. The second-order valence-electron chi connectivity index (χ2n) is 6.16. The van der Waals surface area contributed by atoms with Gasteiger partial charge in [-0.2, -0.15) is 0 Å². The van der Waals surface area contributed by atoms with Crippen molar-refractivity contribution in [1.29, 1.82) is 0 Å². The third kappa shape index (κ3) is 2.59. The van der Waals surface area contributed by atoms with E-state index in [0.29, 0.717) is 0 Å². The fourth-order valence-corrected chi connectivity index (χ4v) is 2.41. The first kappa shape index (κ1) is 13.9. The molecule has 104 valence electrons. The maximum atomic E-state index is 9.19. The molecule has 1 aromatic carbocycles. The summed E-state index contributed by atoms with van der Waals surface area (Å²) in [6.07, 6.45) is 0.721. The molecule has 0 spiro atoms. The number of hydrogen-bond acceptors (Lipinski definition) is 3. The summed E-state index contributed by atoms with van der Waals surface area (Å²) in [7, 11) is 0. The van der Waals surface area contributed by atoms with Crippen LogP contribution in [0.4, 0.5) is 5.69 Å². The molecule has 1 aromatic heterocycles. The standard InChI is InChI=1S/C15H23N3O/c1-10(7-8-19)18-13-6-5-11(16)9-12(13)17-14(18)15(2,3)4/h5-6,9-10,19H,7-8,16H2,1-4H3. The van der Waals surface area contributed by atoms with E-state index in [1.165, 1.54) is 0 Å². The summed E-state index contributed by atoms with van der Waals surface area (Å²) in [6, 6.07) is 6.04. The molecule has 0 aliphatic carbocycles. The van der Waals surface area contributed by atoms with Gasteiger partial charge in [0, 0.05) is 23.8 Å². The Morgan fingerprint density at radius 1 is 1.37 bits per heavy atom. The van der Waals surface area contributed by atoms with Gasteiger partial charge in [-0.3, -0.25) is 0 Å². The highest BCUT2D eigenvalue weighted by atomic mass is 16.3. The number of aliphatic hydroxyl groups excluding tert-OH is 1. The molecule has 2 aromatic rings. The Morgan fingerprint density at radius 2 is 2.05 bits per heavy atom. The van der Waals surface area contributed by atoms with Crippen LogP contribution in [0.25, 0.3) is 11.0 Å². The third-order valence-corrected chi connectivity index (χ3v) is 3.37. The zero-order valence-electron chi connectivity index (χ0n) is 12.1. The summed E-state index contributed by atoms with van der Waals surface area (Å²) in [6.45, 7) is 8.75. The number of aliphatic hydroxyl groups is 1. The lowest BCUT2D eigenvalue weighted by Gasteiger charge is -2.24. The molecule has 0 radical (unpaired) electrons. The zero-order valence-corrected chi connectivity index (χ0v) is 12.1. The first-order chi connectivity index (χ1) is 8.84. The zero-order chi connectivity index (χ0) is 14.2. The van der Waals surface area contributed by atoms with Crippen LogP contribution in [0.2, 0.25) is 0 Å². The largest absolute Gasteiger partial charge is 0.399 e. The van der Waals surface area contributed by atoms with E-state index >= 15 is 0 Å². The number of fused-ring (bicyclic) bond motifs is 1. The summed E-state index contributed by atoms with van der Waals surface area (Å²) in [5.74, 6) is 1.04. The van der Waals surface area contributed by atoms with Gasteiger partial charge < -0.3 is 15.4 Å². The van der Waals surface area contributed by atoms with Crippen LogP contribution in [0.5, 0.6) is 0 Å². The molecule has 1 heterocycles. The Kier molecular flexibility index (Phi) is 3.54. The molecular formula is C15H23N3O. The molecule has 4 heteroatoms. The number of imidazole rings is 1. The maximum Gasteiger partial charge on any atom is 0.115 e. The number of nitrogens with zero attached hydrogens (tertiary/aromatic N) is 2. The molecule has 0 aliphatic rings.